The first kappa shape index (κ1) is 11.4. The summed E-state index contributed by atoms with van der Waals surface area (Å²) >= 11 is 0. The third kappa shape index (κ3) is 2.20. The Labute approximate surface area is 98.6 Å². The molecule has 0 fully saturated rings. The van der Waals surface area contributed by atoms with Gasteiger partial charge in [0.25, 0.3) is 0 Å². The molecule has 1 N–H and O–H groups in total. The van der Waals surface area contributed by atoms with Gasteiger partial charge in [0.1, 0.15) is 5.56 Å². The molecule has 4 nitrogen and oxygen atoms in total. The average Bonchev–Trinajstić information content (AvgIpc) is 2.28. The molecule has 0 aliphatic rings. The lowest BCUT2D eigenvalue weighted by Gasteiger charge is -2.06. The Morgan fingerprint density at radius 2 is 1.88 bits per heavy atom. The molecular formula is C13H13NO3. The number of aromatic nitrogens is 1. The number of aromatic hydroxyl groups is 1. The summed E-state index contributed by atoms with van der Waals surface area (Å²) in [4.78, 5) is 15.6. The standard InChI is InChI=1S/C13H13NO3/c1-8(2)10-11(15)14-12(17-13(10)16)9-6-4-3-5-7-9/h3-8,15H,1-2H3. The number of nitrogens with zero attached hydrogens (tertiary/aromatic N) is 1. The van der Waals surface area contributed by atoms with E-state index >= 15 is 0 Å². The summed E-state index contributed by atoms with van der Waals surface area (Å²) in [6.45, 7) is 3.60. The Morgan fingerprint density at radius 1 is 1.24 bits per heavy atom. The highest BCUT2D eigenvalue weighted by Crippen LogP contribution is 2.23. The molecule has 0 bridgehead atoms. The summed E-state index contributed by atoms with van der Waals surface area (Å²) in [5, 5.41) is 9.73. The Bertz CT molecular complexity index is 573. The van der Waals surface area contributed by atoms with Crippen LogP contribution in [0.5, 0.6) is 5.88 Å². The van der Waals surface area contributed by atoms with Crippen LogP contribution < -0.4 is 5.63 Å². The van der Waals surface area contributed by atoms with Crippen molar-refractivity contribution >= 4 is 0 Å². The molecule has 2 aromatic rings. The highest BCUT2D eigenvalue weighted by atomic mass is 16.4. The number of benzene rings is 1. The van der Waals surface area contributed by atoms with Crippen LogP contribution in [-0.2, 0) is 0 Å². The first-order chi connectivity index (χ1) is 8.09. The van der Waals surface area contributed by atoms with Gasteiger partial charge < -0.3 is 9.52 Å². The van der Waals surface area contributed by atoms with Gasteiger partial charge in [0.2, 0.25) is 11.8 Å². The van der Waals surface area contributed by atoms with Crippen LogP contribution in [0, 0.1) is 0 Å². The molecule has 1 heterocycles. The molecule has 4 heteroatoms. The smallest absolute Gasteiger partial charge is 0.346 e. The van der Waals surface area contributed by atoms with E-state index in [1.165, 1.54) is 0 Å². The van der Waals surface area contributed by atoms with Gasteiger partial charge in [0, 0.05) is 5.56 Å². The summed E-state index contributed by atoms with van der Waals surface area (Å²) in [6, 6.07) is 9.00. The minimum absolute atomic E-state index is 0.122. The molecule has 0 amide bonds. The topological polar surface area (TPSA) is 63.3 Å². The lowest BCUT2D eigenvalue weighted by atomic mass is 10.1. The first-order valence-corrected chi connectivity index (χ1v) is 5.39. The van der Waals surface area contributed by atoms with Gasteiger partial charge >= 0.3 is 5.63 Å². The molecule has 0 aliphatic carbocycles. The zero-order valence-electron chi connectivity index (χ0n) is 9.68. The van der Waals surface area contributed by atoms with Crippen LogP contribution in [0.3, 0.4) is 0 Å². The van der Waals surface area contributed by atoms with Crippen molar-refractivity contribution in [3.63, 3.8) is 0 Å². The van der Waals surface area contributed by atoms with Crippen molar-refractivity contribution in [3.8, 4) is 17.3 Å². The van der Waals surface area contributed by atoms with Crippen molar-refractivity contribution in [2.75, 3.05) is 0 Å². The lowest BCUT2D eigenvalue weighted by molar-refractivity contribution is 0.405. The van der Waals surface area contributed by atoms with Crippen molar-refractivity contribution in [1.82, 2.24) is 4.98 Å². The normalized spacial score (nSPS) is 10.8. The fraction of sp³-hybridized carbons (Fsp3) is 0.231. The maximum Gasteiger partial charge on any atom is 0.346 e. The molecule has 0 saturated heterocycles. The zero-order valence-corrected chi connectivity index (χ0v) is 9.68. The van der Waals surface area contributed by atoms with E-state index in [0.717, 1.165) is 0 Å². The minimum Gasteiger partial charge on any atom is -0.493 e. The van der Waals surface area contributed by atoms with Crippen LogP contribution in [0.1, 0.15) is 25.3 Å². The van der Waals surface area contributed by atoms with Gasteiger partial charge in [-0.1, -0.05) is 32.0 Å². The van der Waals surface area contributed by atoms with Crippen LogP contribution in [0.2, 0.25) is 0 Å². The monoisotopic (exact) mass is 231 g/mol. The summed E-state index contributed by atoms with van der Waals surface area (Å²) in [6.07, 6.45) is 0. The van der Waals surface area contributed by atoms with Gasteiger partial charge in [0.05, 0.1) is 0 Å². The molecule has 0 atom stereocenters. The average molecular weight is 231 g/mol. The summed E-state index contributed by atoms with van der Waals surface area (Å²) in [5.74, 6) is -0.240. The zero-order chi connectivity index (χ0) is 12.4. The van der Waals surface area contributed by atoms with E-state index in [1.807, 2.05) is 18.2 Å². The van der Waals surface area contributed by atoms with Crippen molar-refractivity contribution in [1.29, 1.82) is 0 Å². The van der Waals surface area contributed by atoms with Crippen molar-refractivity contribution in [3.05, 3.63) is 46.3 Å². The van der Waals surface area contributed by atoms with Gasteiger partial charge in [0.15, 0.2) is 0 Å². The van der Waals surface area contributed by atoms with Crippen molar-refractivity contribution in [2.24, 2.45) is 0 Å². The number of rotatable bonds is 2. The Kier molecular flexibility index (Phi) is 2.95. The molecule has 0 aliphatic heterocycles. The van der Waals surface area contributed by atoms with Crippen LogP contribution in [-0.4, -0.2) is 10.1 Å². The van der Waals surface area contributed by atoms with Gasteiger partial charge in [-0.05, 0) is 18.1 Å². The van der Waals surface area contributed by atoms with E-state index < -0.39 is 5.63 Å². The highest BCUT2D eigenvalue weighted by Gasteiger charge is 2.16. The molecule has 1 aromatic carbocycles. The van der Waals surface area contributed by atoms with Crippen molar-refractivity contribution in [2.45, 2.75) is 19.8 Å². The third-order valence-electron chi connectivity index (χ3n) is 2.46. The maximum absolute atomic E-state index is 11.7. The number of hydrogen-bond donors (Lipinski definition) is 1. The highest BCUT2D eigenvalue weighted by molar-refractivity contribution is 5.53. The second-order valence-electron chi connectivity index (χ2n) is 4.06. The van der Waals surface area contributed by atoms with Gasteiger partial charge in [-0.25, -0.2) is 4.79 Å². The second kappa shape index (κ2) is 4.41. The fourth-order valence-corrected chi connectivity index (χ4v) is 1.61. The van der Waals surface area contributed by atoms with E-state index in [9.17, 15) is 9.90 Å². The van der Waals surface area contributed by atoms with Gasteiger partial charge in [-0.3, -0.25) is 0 Å². The summed E-state index contributed by atoms with van der Waals surface area (Å²) < 4.78 is 5.11. The largest absolute Gasteiger partial charge is 0.493 e. The first-order valence-electron chi connectivity index (χ1n) is 5.39. The van der Waals surface area contributed by atoms with Crippen LogP contribution in [0.25, 0.3) is 11.5 Å². The molecular weight excluding hydrogens is 218 g/mol. The van der Waals surface area contributed by atoms with E-state index in [-0.39, 0.29) is 23.3 Å². The minimum atomic E-state index is -0.536. The van der Waals surface area contributed by atoms with Gasteiger partial charge in [-0.2, -0.15) is 4.98 Å². The predicted molar refractivity (Wildman–Crippen MR) is 64.0 cm³/mol. The molecule has 17 heavy (non-hydrogen) atoms. The third-order valence-corrected chi connectivity index (χ3v) is 2.46. The Morgan fingerprint density at radius 3 is 2.41 bits per heavy atom. The quantitative estimate of drug-likeness (QED) is 0.862. The van der Waals surface area contributed by atoms with E-state index in [0.29, 0.717) is 5.56 Å². The van der Waals surface area contributed by atoms with E-state index in [2.05, 4.69) is 4.98 Å². The van der Waals surface area contributed by atoms with E-state index in [4.69, 9.17) is 4.42 Å². The molecule has 0 spiro atoms. The fourth-order valence-electron chi connectivity index (χ4n) is 1.61. The Hall–Kier alpha value is -2.10. The molecule has 0 radical (unpaired) electrons. The van der Waals surface area contributed by atoms with Crippen LogP contribution in [0.15, 0.2) is 39.5 Å². The predicted octanol–water partition coefficient (Wildman–Crippen LogP) is 2.53. The van der Waals surface area contributed by atoms with Crippen LogP contribution in [0.4, 0.5) is 0 Å². The van der Waals surface area contributed by atoms with Gasteiger partial charge in [-0.15, -0.1) is 0 Å². The van der Waals surface area contributed by atoms with E-state index in [1.54, 1.807) is 26.0 Å². The Balaban J connectivity index is 2.58. The lowest BCUT2D eigenvalue weighted by Crippen LogP contribution is -2.11. The summed E-state index contributed by atoms with van der Waals surface area (Å²) in [5.41, 5.74) is 0.339. The SMILES string of the molecule is CC(C)c1c(O)nc(-c2ccccc2)oc1=O. The summed E-state index contributed by atoms with van der Waals surface area (Å²) in [7, 11) is 0. The molecule has 1 aromatic heterocycles. The second-order valence-corrected chi connectivity index (χ2v) is 4.06. The molecule has 0 saturated carbocycles. The molecule has 2 rings (SSSR count). The molecule has 0 unspecified atom stereocenters. The van der Waals surface area contributed by atoms with Crippen molar-refractivity contribution < 1.29 is 9.52 Å². The maximum atomic E-state index is 11.7. The number of hydrogen-bond acceptors (Lipinski definition) is 4. The molecule has 88 valence electrons. The van der Waals surface area contributed by atoms with Crippen LogP contribution >= 0.6 is 0 Å².